The molecule has 6 rings (SSSR count). The number of halogens is 4. The maximum absolute atomic E-state index is 16.0. The fraction of sp³-hybridized carbons (Fsp3) is 0.400. The lowest BCUT2D eigenvalue weighted by Crippen LogP contribution is -2.76. The first-order valence-corrected chi connectivity index (χ1v) is 9.57. The number of tetrazole rings is 1. The second-order valence-corrected chi connectivity index (χ2v) is 8.60. The minimum Gasteiger partial charge on any atom is -0.377 e. The van der Waals surface area contributed by atoms with Gasteiger partial charge < -0.3 is 10.1 Å². The highest BCUT2D eigenvalue weighted by Gasteiger charge is 2.82. The summed E-state index contributed by atoms with van der Waals surface area (Å²) in [5, 5.41) is 21.6. The van der Waals surface area contributed by atoms with E-state index in [1.54, 1.807) is 6.07 Å². The topological polar surface area (TPSA) is 96.7 Å². The minimum absolute atomic E-state index is 0.0553. The molecule has 0 radical (unpaired) electrons. The van der Waals surface area contributed by atoms with Gasteiger partial charge in [0.1, 0.15) is 18.0 Å². The van der Waals surface area contributed by atoms with Crippen molar-refractivity contribution in [2.75, 3.05) is 0 Å². The van der Waals surface area contributed by atoms with E-state index in [0.29, 0.717) is 6.07 Å². The van der Waals surface area contributed by atoms with Gasteiger partial charge in [-0.2, -0.15) is 0 Å². The number of aromatic amines is 1. The number of aromatic nitrogens is 5. The Hall–Kier alpha value is -3.08. The average Bonchev–Trinajstić information content (AvgIpc) is 3.13. The lowest BCUT2D eigenvalue weighted by molar-refractivity contribution is -0.347. The minimum atomic E-state index is -3.78. The van der Waals surface area contributed by atoms with E-state index in [1.165, 1.54) is 12.3 Å². The van der Waals surface area contributed by atoms with Crippen molar-refractivity contribution in [3.63, 3.8) is 0 Å². The Balaban J connectivity index is 1.52. The molecule has 2 heterocycles. The van der Waals surface area contributed by atoms with Crippen LogP contribution >= 0.6 is 0 Å². The van der Waals surface area contributed by atoms with Crippen LogP contribution in [0.5, 0.6) is 0 Å². The van der Waals surface area contributed by atoms with Gasteiger partial charge in [-0.3, -0.25) is 4.79 Å². The van der Waals surface area contributed by atoms with Crippen LogP contribution in [0.2, 0.25) is 0 Å². The zero-order valence-corrected chi connectivity index (χ0v) is 16.0. The fourth-order valence-corrected chi connectivity index (χ4v) is 5.27. The summed E-state index contributed by atoms with van der Waals surface area (Å²) in [6.07, 6.45) is 2.71. The van der Waals surface area contributed by atoms with E-state index >= 15 is 8.78 Å². The van der Waals surface area contributed by atoms with Crippen molar-refractivity contribution >= 4 is 0 Å². The molecule has 162 valence electrons. The molecule has 3 aromatic rings. The summed E-state index contributed by atoms with van der Waals surface area (Å²) in [7, 11) is 0. The fourth-order valence-electron chi connectivity index (χ4n) is 5.27. The number of aliphatic hydroxyl groups is 1. The maximum Gasteiger partial charge on any atom is 0.287 e. The van der Waals surface area contributed by atoms with Crippen LogP contribution in [0.4, 0.5) is 17.6 Å². The van der Waals surface area contributed by atoms with E-state index in [4.69, 9.17) is 0 Å². The number of nitrogens with one attached hydrogen (secondary N) is 1. The highest BCUT2D eigenvalue weighted by atomic mass is 19.3. The predicted molar refractivity (Wildman–Crippen MR) is 98.0 cm³/mol. The number of rotatable bonds is 6. The first kappa shape index (κ1) is 19.9. The third kappa shape index (κ3) is 2.62. The quantitative estimate of drug-likeness (QED) is 0.579. The van der Waals surface area contributed by atoms with Gasteiger partial charge >= 0.3 is 0 Å². The van der Waals surface area contributed by atoms with Gasteiger partial charge in [-0.25, -0.2) is 22.2 Å². The van der Waals surface area contributed by atoms with Crippen LogP contribution < -0.4 is 5.56 Å². The Bertz CT molecular complexity index is 1170. The van der Waals surface area contributed by atoms with E-state index in [1.807, 2.05) is 0 Å². The van der Waals surface area contributed by atoms with Gasteiger partial charge in [0.05, 0.1) is 6.54 Å². The van der Waals surface area contributed by atoms with Crippen LogP contribution in [0.3, 0.4) is 0 Å². The highest BCUT2D eigenvalue weighted by molar-refractivity contribution is 5.42. The Kier molecular flexibility index (Phi) is 3.98. The van der Waals surface area contributed by atoms with Crippen LogP contribution in [-0.4, -0.2) is 36.2 Å². The number of benzene rings is 1. The van der Waals surface area contributed by atoms with E-state index in [2.05, 4.69) is 20.5 Å². The molecule has 2 N–H and O–H groups in total. The Morgan fingerprint density at radius 3 is 2.48 bits per heavy atom. The van der Waals surface area contributed by atoms with Crippen LogP contribution in [-0.2, 0) is 17.6 Å². The van der Waals surface area contributed by atoms with Gasteiger partial charge in [-0.1, -0.05) is 6.07 Å². The second-order valence-electron chi connectivity index (χ2n) is 8.60. The Morgan fingerprint density at radius 2 is 1.90 bits per heavy atom. The summed E-state index contributed by atoms with van der Waals surface area (Å²) in [6.45, 7) is -0.817. The molecule has 31 heavy (non-hydrogen) atoms. The number of alkyl halides is 2. The molecule has 3 fully saturated rings. The van der Waals surface area contributed by atoms with Crippen molar-refractivity contribution < 1.29 is 22.7 Å². The SMILES string of the molecule is O=c1ccc(C23CC(C(F)(F)C(O)(Cn4cnnn4)c4ccc(F)cc4F)(C2)C3)c[nH]1. The molecule has 7 nitrogen and oxygen atoms in total. The van der Waals surface area contributed by atoms with Gasteiger partial charge in [0, 0.05) is 29.3 Å². The van der Waals surface area contributed by atoms with Crippen molar-refractivity contribution in [2.24, 2.45) is 5.41 Å². The summed E-state index contributed by atoms with van der Waals surface area (Å²) in [6, 6.07) is 5.05. The lowest BCUT2D eigenvalue weighted by Gasteiger charge is -2.74. The molecule has 1 unspecified atom stereocenters. The standard InChI is InChI=1S/C20H17F4N5O2/c21-13-2-3-14(15(22)5-13)19(31,10-29-11-26-27-28-29)20(23,24)18-7-17(8-18,9-18)12-1-4-16(30)25-6-12/h1-6,11,31H,7-10H2,(H,25,30). The van der Waals surface area contributed by atoms with Crippen LogP contribution in [0, 0.1) is 17.0 Å². The molecule has 3 aliphatic carbocycles. The number of pyridine rings is 1. The van der Waals surface area contributed by atoms with E-state index in [-0.39, 0.29) is 24.8 Å². The molecule has 2 aromatic heterocycles. The average molecular weight is 435 g/mol. The molecule has 1 atom stereocenters. The molecule has 2 bridgehead atoms. The summed E-state index contributed by atoms with van der Waals surface area (Å²) in [5.41, 5.74) is -5.40. The van der Waals surface area contributed by atoms with Gasteiger partial charge in [0.25, 0.3) is 5.92 Å². The van der Waals surface area contributed by atoms with Crippen LogP contribution in [0.15, 0.2) is 47.7 Å². The molecule has 0 saturated heterocycles. The molecule has 3 saturated carbocycles. The van der Waals surface area contributed by atoms with Crippen molar-refractivity contribution in [2.45, 2.75) is 42.7 Å². The third-order valence-electron chi connectivity index (χ3n) is 6.77. The van der Waals surface area contributed by atoms with Gasteiger partial charge in [-0.15, -0.1) is 5.10 Å². The Labute approximate surface area is 172 Å². The lowest BCUT2D eigenvalue weighted by atomic mass is 9.30. The molecule has 11 heteroatoms. The summed E-state index contributed by atoms with van der Waals surface area (Å²) in [5.74, 6) is -6.01. The molecule has 0 spiro atoms. The van der Waals surface area contributed by atoms with Gasteiger partial charge in [0.2, 0.25) is 5.56 Å². The van der Waals surface area contributed by atoms with E-state index in [0.717, 1.165) is 28.7 Å². The molecular weight excluding hydrogens is 418 g/mol. The zero-order chi connectivity index (χ0) is 22.1. The zero-order valence-electron chi connectivity index (χ0n) is 16.0. The van der Waals surface area contributed by atoms with Crippen LogP contribution in [0.25, 0.3) is 0 Å². The number of nitrogens with zero attached hydrogens (tertiary/aromatic N) is 4. The summed E-state index contributed by atoms with van der Waals surface area (Å²) < 4.78 is 60.9. The first-order valence-electron chi connectivity index (χ1n) is 9.57. The monoisotopic (exact) mass is 435 g/mol. The van der Waals surface area contributed by atoms with Crippen molar-refractivity contribution in [3.05, 3.63) is 76.0 Å². The number of H-pyrrole nitrogens is 1. The Morgan fingerprint density at radius 1 is 1.16 bits per heavy atom. The smallest absolute Gasteiger partial charge is 0.287 e. The maximum atomic E-state index is 16.0. The predicted octanol–water partition coefficient (Wildman–Crippen LogP) is 2.28. The first-order chi connectivity index (χ1) is 14.6. The number of hydrogen-bond acceptors (Lipinski definition) is 5. The van der Waals surface area contributed by atoms with Crippen molar-refractivity contribution in [1.82, 2.24) is 25.2 Å². The molecule has 1 aromatic carbocycles. The second kappa shape index (κ2) is 6.22. The van der Waals surface area contributed by atoms with Crippen LogP contribution in [0.1, 0.15) is 30.4 Å². The highest BCUT2D eigenvalue weighted by Crippen LogP contribution is 2.80. The summed E-state index contributed by atoms with van der Waals surface area (Å²) in [4.78, 5) is 13.8. The third-order valence-corrected chi connectivity index (χ3v) is 6.77. The molecule has 3 aliphatic rings. The van der Waals surface area contributed by atoms with E-state index < -0.39 is 46.1 Å². The number of hydrogen-bond donors (Lipinski definition) is 2. The van der Waals surface area contributed by atoms with Gasteiger partial charge in [-0.05, 0) is 52.8 Å². The van der Waals surface area contributed by atoms with Crippen molar-refractivity contribution in [3.8, 4) is 0 Å². The molecule has 0 aliphatic heterocycles. The largest absolute Gasteiger partial charge is 0.377 e. The van der Waals surface area contributed by atoms with Gasteiger partial charge in [0.15, 0.2) is 5.60 Å². The molecule has 0 amide bonds. The normalized spacial score (nSPS) is 26.6. The molecular formula is C20H17F4N5O2. The van der Waals surface area contributed by atoms with Crippen molar-refractivity contribution in [1.29, 1.82) is 0 Å². The summed E-state index contributed by atoms with van der Waals surface area (Å²) >= 11 is 0. The van der Waals surface area contributed by atoms with E-state index in [9.17, 15) is 18.7 Å².